The monoisotopic (exact) mass is 261 g/mol. The molecule has 0 atom stereocenters. The molecular formula is C6H6F3NO3S2. The van der Waals surface area contributed by atoms with Gasteiger partial charge >= 0.3 is 15.5 Å². The third-order valence-corrected chi connectivity index (χ3v) is 3.40. The molecule has 0 fully saturated rings. The molecule has 0 amide bonds. The quantitative estimate of drug-likeness (QED) is 0.905. The number of hydrogen-bond acceptors (Lipinski definition) is 4. The first-order valence-electron chi connectivity index (χ1n) is 3.48. The molecule has 86 valence electrons. The molecule has 1 rings (SSSR count). The predicted octanol–water partition coefficient (Wildman–Crippen LogP) is 2.02. The maximum Gasteiger partial charge on any atom is 0.516 e. The summed E-state index contributed by atoms with van der Waals surface area (Å²) >= 11 is 0.802. The van der Waals surface area contributed by atoms with Crippen molar-refractivity contribution in [3.63, 3.8) is 0 Å². The highest BCUT2D eigenvalue weighted by atomic mass is 32.2. The number of halogens is 3. The van der Waals surface area contributed by atoms with Gasteiger partial charge < -0.3 is 4.74 Å². The van der Waals surface area contributed by atoms with Crippen LogP contribution in [0.3, 0.4) is 0 Å². The molecule has 0 aliphatic rings. The SMILES string of the molecule is COc1csc(NS(=O)(=O)C(F)(F)F)c1. The van der Waals surface area contributed by atoms with E-state index in [1.807, 2.05) is 0 Å². The summed E-state index contributed by atoms with van der Waals surface area (Å²) < 4.78 is 63.2. The van der Waals surface area contributed by atoms with Gasteiger partial charge in [-0.25, -0.2) is 0 Å². The number of thiophene rings is 1. The van der Waals surface area contributed by atoms with Gasteiger partial charge in [0.05, 0.1) is 7.11 Å². The predicted molar refractivity (Wildman–Crippen MR) is 49.5 cm³/mol. The minimum Gasteiger partial charge on any atom is -0.496 e. The molecule has 0 aromatic carbocycles. The Labute approximate surface area is 87.7 Å². The van der Waals surface area contributed by atoms with Crippen LogP contribution in [-0.4, -0.2) is 21.0 Å². The molecule has 1 heterocycles. The fourth-order valence-electron chi connectivity index (χ4n) is 0.670. The summed E-state index contributed by atoms with van der Waals surface area (Å²) in [7, 11) is -4.02. The highest BCUT2D eigenvalue weighted by Gasteiger charge is 2.46. The normalized spacial score (nSPS) is 12.5. The smallest absolute Gasteiger partial charge is 0.496 e. The maximum atomic E-state index is 11.9. The third-order valence-electron chi connectivity index (χ3n) is 1.35. The molecular weight excluding hydrogens is 255 g/mol. The van der Waals surface area contributed by atoms with Crippen molar-refractivity contribution in [3.8, 4) is 5.75 Å². The van der Waals surface area contributed by atoms with Gasteiger partial charge in [0.2, 0.25) is 0 Å². The number of alkyl halides is 3. The fourth-order valence-corrected chi connectivity index (χ4v) is 2.22. The van der Waals surface area contributed by atoms with E-state index in [0.29, 0.717) is 5.75 Å². The molecule has 15 heavy (non-hydrogen) atoms. The summed E-state index contributed by atoms with van der Waals surface area (Å²) in [4.78, 5) is 0. The Morgan fingerprint density at radius 3 is 2.47 bits per heavy atom. The Bertz CT molecular complexity index is 437. The van der Waals surface area contributed by atoms with Gasteiger partial charge in [-0.2, -0.15) is 21.6 Å². The zero-order chi connectivity index (χ0) is 11.7. The molecule has 0 bridgehead atoms. The highest BCUT2D eigenvalue weighted by molar-refractivity contribution is 7.93. The first-order chi connectivity index (χ1) is 6.76. The summed E-state index contributed by atoms with van der Waals surface area (Å²) in [6, 6.07) is 1.16. The van der Waals surface area contributed by atoms with E-state index in [1.54, 1.807) is 0 Å². The lowest BCUT2D eigenvalue weighted by Gasteiger charge is -2.07. The van der Waals surface area contributed by atoms with Crippen LogP contribution in [0.1, 0.15) is 0 Å². The van der Waals surface area contributed by atoms with E-state index >= 15 is 0 Å². The molecule has 0 aliphatic carbocycles. The van der Waals surface area contributed by atoms with Gasteiger partial charge in [0.15, 0.2) is 0 Å². The maximum absolute atomic E-state index is 11.9. The lowest BCUT2D eigenvalue weighted by Crippen LogP contribution is -2.29. The number of anilines is 1. The number of sulfonamides is 1. The van der Waals surface area contributed by atoms with E-state index in [0.717, 1.165) is 17.4 Å². The van der Waals surface area contributed by atoms with Gasteiger partial charge in [0, 0.05) is 11.4 Å². The van der Waals surface area contributed by atoms with E-state index in [-0.39, 0.29) is 5.00 Å². The second-order valence-electron chi connectivity index (χ2n) is 2.40. The van der Waals surface area contributed by atoms with Gasteiger partial charge in [-0.15, -0.1) is 11.3 Å². The molecule has 0 radical (unpaired) electrons. The molecule has 0 aliphatic heterocycles. The van der Waals surface area contributed by atoms with Gasteiger partial charge in [-0.3, -0.25) is 4.72 Å². The van der Waals surface area contributed by atoms with Crippen molar-refractivity contribution in [1.82, 2.24) is 0 Å². The molecule has 0 saturated heterocycles. The zero-order valence-electron chi connectivity index (χ0n) is 7.33. The zero-order valence-corrected chi connectivity index (χ0v) is 8.96. The molecule has 0 unspecified atom stereocenters. The first kappa shape index (κ1) is 12.1. The summed E-state index contributed by atoms with van der Waals surface area (Å²) in [5, 5.41) is 1.23. The van der Waals surface area contributed by atoms with Crippen LogP contribution < -0.4 is 9.46 Å². The third kappa shape index (κ3) is 2.75. The average Bonchev–Trinajstić information content (AvgIpc) is 2.49. The molecule has 1 aromatic rings. The van der Waals surface area contributed by atoms with Crippen molar-refractivity contribution in [2.75, 3.05) is 11.8 Å². The Morgan fingerprint density at radius 1 is 1.47 bits per heavy atom. The minimum atomic E-state index is -5.34. The summed E-state index contributed by atoms with van der Waals surface area (Å²) in [5.41, 5.74) is -5.32. The largest absolute Gasteiger partial charge is 0.516 e. The molecule has 4 nitrogen and oxygen atoms in total. The fraction of sp³-hybridized carbons (Fsp3) is 0.333. The van der Waals surface area contributed by atoms with Crippen LogP contribution in [-0.2, 0) is 10.0 Å². The lowest BCUT2D eigenvalue weighted by atomic mass is 10.6. The number of hydrogen-bond donors (Lipinski definition) is 1. The Morgan fingerprint density at radius 2 is 2.07 bits per heavy atom. The minimum absolute atomic E-state index is 0.149. The second kappa shape index (κ2) is 3.89. The Kier molecular flexibility index (Phi) is 3.14. The van der Waals surface area contributed by atoms with E-state index in [9.17, 15) is 21.6 Å². The number of nitrogens with one attached hydrogen (secondary N) is 1. The van der Waals surface area contributed by atoms with Crippen molar-refractivity contribution in [2.24, 2.45) is 0 Å². The molecule has 0 saturated carbocycles. The summed E-state index contributed by atoms with van der Waals surface area (Å²) in [6.45, 7) is 0. The topological polar surface area (TPSA) is 55.4 Å². The van der Waals surface area contributed by atoms with Gasteiger partial charge in [0.25, 0.3) is 0 Å². The van der Waals surface area contributed by atoms with Crippen molar-refractivity contribution in [2.45, 2.75) is 5.51 Å². The summed E-state index contributed by atoms with van der Waals surface area (Å²) in [5.74, 6) is 0.292. The van der Waals surface area contributed by atoms with E-state index in [1.165, 1.54) is 17.2 Å². The average molecular weight is 261 g/mol. The van der Waals surface area contributed by atoms with Gasteiger partial charge in [0.1, 0.15) is 10.8 Å². The number of ether oxygens (including phenoxy) is 1. The second-order valence-corrected chi connectivity index (χ2v) is 4.99. The molecule has 9 heteroatoms. The number of rotatable bonds is 3. The van der Waals surface area contributed by atoms with Crippen LogP contribution in [0.25, 0.3) is 0 Å². The van der Waals surface area contributed by atoms with Crippen LogP contribution in [0.15, 0.2) is 11.4 Å². The van der Waals surface area contributed by atoms with Crippen molar-refractivity contribution < 1.29 is 26.3 Å². The van der Waals surface area contributed by atoms with Crippen molar-refractivity contribution >= 4 is 26.4 Å². The summed E-state index contributed by atoms with van der Waals surface area (Å²) in [6.07, 6.45) is 0. The van der Waals surface area contributed by atoms with Crippen LogP contribution in [0, 0.1) is 0 Å². The molecule has 0 spiro atoms. The van der Waals surface area contributed by atoms with Crippen LogP contribution >= 0.6 is 11.3 Å². The van der Waals surface area contributed by atoms with Crippen LogP contribution in [0.4, 0.5) is 18.2 Å². The van der Waals surface area contributed by atoms with Crippen molar-refractivity contribution in [3.05, 3.63) is 11.4 Å². The van der Waals surface area contributed by atoms with E-state index in [2.05, 4.69) is 4.74 Å². The molecule has 1 aromatic heterocycles. The van der Waals surface area contributed by atoms with E-state index in [4.69, 9.17) is 0 Å². The van der Waals surface area contributed by atoms with Gasteiger partial charge in [-0.05, 0) is 0 Å². The Balaban J connectivity index is 2.87. The van der Waals surface area contributed by atoms with E-state index < -0.39 is 15.5 Å². The van der Waals surface area contributed by atoms with Gasteiger partial charge in [-0.1, -0.05) is 0 Å². The van der Waals surface area contributed by atoms with Crippen LogP contribution in [0.5, 0.6) is 5.75 Å². The molecule has 1 N–H and O–H groups in total. The van der Waals surface area contributed by atoms with Crippen molar-refractivity contribution in [1.29, 1.82) is 0 Å². The Hall–Kier alpha value is -0.960. The standard InChI is InChI=1S/C6H6F3NO3S2/c1-13-4-2-5(14-3-4)10-15(11,12)6(7,8)9/h2-3,10H,1H3. The number of methoxy groups -OCH3 is 1. The lowest BCUT2D eigenvalue weighted by molar-refractivity contribution is -0.0429. The first-order valence-corrected chi connectivity index (χ1v) is 5.84. The highest BCUT2D eigenvalue weighted by Crippen LogP contribution is 2.31. The van der Waals surface area contributed by atoms with Crippen LogP contribution in [0.2, 0.25) is 0 Å².